The normalized spacial score (nSPS) is 21.5. The number of hydrogen-bond donors (Lipinski definition) is 0. The molecule has 114 valence electrons. The second kappa shape index (κ2) is 6.52. The van der Waals surface area contributed by atoms with Crippen molar-refractivity contribution in [1.29, 1.82) is 0 Å². The highest BCUT2D eigenvalue weighted by Crippen LogP contribution is 2.28. The maximum Gasteiger partial charge on any atom is 0.225 e. The van der Waals surface area contributed by atoms with Gasteiger partial charge in [0.15, 0.2) is 0 Å². The van der Waals surface area contributed by atoms with Crippen molar-refractivity contribution < 1.29 is 9.53 Å². The number of amides is 1. The quantitative estimate of drug-likeness (QED) is 0.834. The molecule has 0 saturated carbocycles. The number of carbonyl (C=O) groups is 1. The van der Waals surface area contributed by atoms with Crippen molar-refractivity contribution in [2.45, 2.75) is 38.5 Å². The van der Waals surface area contributed by atoms with E-state index in [1.54, 1.807) is 0 Å². The molecule has 1 aromatic rings. The van der Waals surface area contributed by atoms with Crippen molar-refractivity contribution in [3.8, 4) is 0 Å². The second-order valence-electron chi connectivity index (χ2n) is 6.01. The molecule has 0 spiro atoms. The number of likely N-dealkylation sites (tertiary alicyclic amines) is 1. The molecule has 0 N–H and O–H groups in total. The first kappa shape index (κ1) is 14.4. The molecule has 21 heavy (non-hydrogen) atoms. The standard InChI is InChI=1S/C16H23N3O2/c1-12-17-7-2-15(18-12)13-3-8-19(9-4-13)16(20)14-5-10-21-11-6-14/h2,7,13-14H,3-6,8-11H2,1H3. The highest BCUT2D eigenvalue weighted by Gasteiger charge is 2.30. The van der Waals surface area contributed by atoms with Crippen LogP contribution in [0.2, 0.25) is 0 Å². The van der Waals surface area contributed by atoms with E-state index in [1.807, 2.05) is 24.1 Å². The Morgan fingerprint density at radius 2 is 1.95 bits per heavy atom. The number of nitrogens with zero attached hydrogens (tertiary/aromatic N) is 3. The van der Waals surface area contributed by atoms with Crippen molar-refractivity contribution in [3.05, 3.63) is 23.8 Å². The minimum atomic E-state index is 0.177. The molecule has 2 fully saturated rings. The molecule has 1 amide bonds. The molecule has 5 nitrogen and oxygen atoms in total. The lowest BCUT2D eigenvalue weighted by molar-refractivity contribution is -0.139. The first-order valence-corrected chi connectivity index (χ1v) is 7.90. The Labute approximate surface area is 125 Å². The van der Waals surface area contributed by atoms with Crippen LogP contribution in [0.1, 0.15) is 43.1 Å². The van der Waals surface area contributed by atoms with E-state index in [9.17, 15) is 4.79 Å². The first-order chi connectivity index (χ1) is 10.2. The fourth-order valence-corrected chi connectivity index (χ4v) is 3.30. The van der Waals surface area contributed by atoms with Crippen molar-refractivity contribution in [2.24, 2.45) is 5.92 Å². The molecule has 0 bridgehead atoms. The van der Waals surface area contributed by atoms with Gasteiger partial charge in [0.2, 0.25) is 5.91 Å². The summed E-state index contributed by atoms with van der Waals surface area (Å²) in [5.74, 6) is 1.80. The van der Waals surface area contributed by atoms with Gasteiger partial charge in [0.05, 0.1) is 0 Å². The van der Waals surface area contributed by atoms with Crippen LogP contribution in [0.15, 0.2) is 12.3 Å². The average molecular weight is 289 g/mol. The molecule has 0 unspecified atom stereocenters. The van der Waals surface area contributed by atoms with Gasteiger partial charge in [0, 0.05) is 50.0 Å². The summed E-state index contributed by atoms with van der Waals surface area (Å²) >= 11 is 0. The largest absolute Gasteiger partial charge is 0.381 e. The molecule has 0 aliphatic carbocycles. The summed E-state index contributed by atoms with van der Waals surface area (Å²) in [6.07, 6.45) is 5.60. The third kappa shape index (κ3) is 3.40. The van der Waals surface area contributed by atoms with E-state index < -0.39 is 0 Å². The molecule has 3 heterocycles. The first-order valence-electron chi connectivity index (χ1n) is 7.90. The van der Waals surface area contributed by atoms with Crippen molar-refractivity contribution in [3.63, 3.8) is 0 Å². The van der Waals surface area contributed by atoms with Gasteiger partial charge in [0.25, 0.3) is 0 Å². The molecule has 0 atom stereocenters. The minimum absolute atomic E-state index is 0.177. The lowest BCUT2D eigenvalue weighted by Crippen LogP contribution is -2.42. The number of aryl methyl sites for hydroxylation is 1. The van der Waals surface area contributed by atoms with Gasteiger partial charge >= 0.3 is 0 Å². The zero-order valence-electron chi connectivity index (χ0n) is 12.6. The number of piperidine rings is 1. The maximum atomic E-state index is 12.5. The second-order valence-corrected chi connectivity index (χ2v) is 6.01. The summed E-state index contributed by atoms with van der Waals surface area (Å²) in [4.78, 5) is 23.2. The highest BCUT2D eigenvalue weighted by atomic mass is 16.5. The lowest BCUT2D eigenvalue weighted by Gasteiger charge is -2.35. The summed E-state index contributed by atoms with van der Waals surface area (Å²) < 4.78 is 5.34. The van der Waals surface area contributed by atoms with Gasteiger partial charge in [-0.15, -0.1) is 0 Å². The predicted molar refractivity (Wildman–Crippen MR) is 78.9 cm³/mol. The smallest absolute Gasteiger partial charge is 0.225 e. The SMILES string of the molecule is Cc1nccc(C2CCN(C(=O)C3CCOCC3)CC2)n1. The molecular weight excluding hydrogens is 266 g/mol. The zero-order chi connectivity index (χ0) is 14.7. The van der Waals surface area contributed by atoms with Gasteiger partial charge < -0.3 is 9.64 Å². The summed E-state index contributed by atoms with van der Waals surface area (Å²) in [6, 6.07) is 2.01. The summed E-state index contributed by atoms with van der Waals surface area (Å²) in [5.41, 5.74) is 1.13. The topological polar surface area (TPSA) is 55.3 Å². The fraction of sp³-hybridized carbons (Fsp3) is 0.688. The Kier molecular flexibility index (Phi) is 4.48. The Balaban J connectivity index is 1.56. The number of rotatable bonds is 2. The van der Waals surface area contributed by atoms with E-state index in [1.165, 1.54) is 0 Å². The third-order valence-corrected chi connectivity index (χ3v) is 4.59. The molecule has 2 aliphatic rings. The van der Waals surface area contributed by atoms with Gasteiger partial charge in [-0.3, -0.25) is 4.79 Å². The molecule has 1 aromatic heterocycles. The van der Waals surface area contributed by atoms with Gasteiger partial charge in [-0.2, -0.15) is 0 Å². The van der Waals surface area contributed by atoms with Gasteiger partial charge in [-0.1, -0.05) is 0 Å². The molecule has 2 aliphatic heterocycles. The Hall–Kier alpha value is -1.49. The monoisotopic (exact) mass is 289 g/mol. The van der Waals surface area contributed by atoms with Crippen LogP contribution in [0.25, 0.3) is 0 Å². The third-order valence-electron chi connectivity index (χ3n) is 4.59. The average Bonchev–Trinajstić information content (AvgIpc) is 2.55. The lowest BCUT2D eigenvalue weighted by atomic mass is 9.91. The van der Waals surface area contributed by atoms with Crippen molar-refractivity contribution in [1.82, 2.24) is 14.9 Å². The number of hydrogen-bond acceptors (Lipinski definition) is 4. The van der Waals surface area contributed by atoms with Crippen molar-refractivity contribution >= 4 is 5.91 Å². The van der Waals surface area contributed by atoms with Crippen LogP contribution in [-0.4, -0.2) is 47.1 Å². The molecule has 2 saturated heterocycles. The molecule has 0 radical (unpaired) electrons. The fourth-order valence-electron chi connectivity index (χ4n) is 3.30. The van der Waals surface area contributed by atoms with Crippen LogP contribution in [0.3, 0.4) is 0 Å². The van der Waals surface area contributed by atoms with Crippen molar-refractivity contribution in [2.75, 3.05) is 26.3 Å². The Morgan fingerprint density at radius 1 is 1.24 bits per heavy atom. The van der Waals surface area contributed by atoms with Crippen LogP contribution in [0.5, 0.6) is 0 Å². The number of ether oxygens (including phenoxy) is 1. The van der Waals surface area contributed by atoms with E-state index in [-0.39, 0.29) is 5.92 Å². The molecule has 5 heteroatoms. The van der Waals surface area contributed by atoms with E-state index in [4.69, 9.17) is 4.74 Å². The number of aromatic nitrogens is 2. The molecule has 0 aromatic carbocycles. The van der Waals surface area contributed by atoms with E-state index in [0.717, 1.165) is 63.5 Å². The van der Waals surface area contributed by atoms with Crippen LogP contribution >= 0.6 is 0 Å². The van der Waals surface area contributed by atoms with Crippen LogP contribution in [0.4, 0.5) is 0 Å². The zero-order valence-corrected chi connectivity index (χ0v) is 12.6. The summed E-state index contributed by atoms with van der Waals surface area (Å²) in [6.45, 7) is 5.08. The minimum Gasteiger partial charge on any atom is -0.381 e. The van der Waals surface area contributed by atoms with E-state index in [2.05, 4.69) is 9.97 Å². The number of carbonyl (C=O) groups excluding carboxylic acids is 1. The Bertz CT molecular complexity index is 492. The van der Waals surface area contributed by atoms with Crippen LogP contribution < -0.4 is 0 Å². The predicted octanol–water partition coefficient (Wildman–Crippen LogP) is 1.92. The van der Waals surface area contributed by atoms with E-state index >= 15 is 0 Å². The van der Waals surface area contributed by atoms with E-state index in [0.29, 0.717) is 11.8 Å². The highest BCUT2D eigenvalue weighted by molar-refractivity contribution is 5.79. The summed E-state index contributed by atoms with van der Waals surface area (Å²) in [7, 11) is 0. The van der Waals surface area contributed by atoms with Crippen LogP contribution in [0, 0.1) is 12.8 Å². The Morgan fingerprint density at radius 3 is 2.62 bits per heavy atom. The van der Waals surface area contributed by atoms with Crippen LogP contribution in [-0.2, 0) is 9.53 Å². The maximum absolute atomic E-state index is 12.5. The van der Waals surface area contributed by atoms with Gasteiger partial charge in [0.1, 0.15) is 5.82 Å². The van der Waals surface area contributed by atoms with Gasteiger partial charge in [-0.25, -0.2) is 9.97 Å². The molecular formula is C16H23N3O2. The summed E-state index contributed by atoms with van der Waals surface area (Å²) in [5, 5.41) is 0. The van der Waals surface area contributed by atoms with Gasteiger partial charge in [-0.05, 0) is 38.7 Å². The molecule has 3 rings (SSSR count).